The summed E-state index contributed by atoms with van der Waals surface area (Å²) in [5, 5.41) is 16.5. The van der Waals surface area contributed by atoms with Crippen LogP contribution < -0.4 is 10.6 Å². The molecule has 0 saturated carbocycles. The van der Waals surface area contributed by atoms with Crippen LogP contribution in [-0.4, -0.2) is 60.1 Å². The van der Waals surface area contributed by atoms with Gasteiger partial charge in [0, 0.05) is 29.4 Å². The average Bonchev–Trinajstić information content (AvgIpc) is 2.85. The molecule has 4 rings (SSSR count). The van der Waals surface area contributed by atoms with Gasteiger partial charge >= 0.3 is 6.03 Å². The molecular formula is C26H33ClN4O3. The molecule has 0 bridgehead atoms. The van der Waals surface area contributed by atoms with Gasteiger partial charge < -0.3 is 25.5 Å². The predicted octanol–water partition coefficient (Wildman–Crippen LogP) is 4.49. The Labute approximate surface area is 206 Å². The molecule has 0 spiro atoms. The van der Waals surface area contributed by atoms with Gasteiger partial charge in [0.05, 0.1) is 0 Å². The Morgan fingerprint density at radius 1 is 0.941 bits per heavy atom. The number of amides is 3. The normalized spacial score (nSPS) is 18.9. The summed E-state index contributed by atoms with van der Waals surface area (Å²) in [6, 6.07) is 11.9. The van der Waals surface area contributed by atoms with Crippen LogP contribution in [0.25, 0.3) is 0 Å². The molecule has 34 heavy (non-hydrogen) atoms. The van der Waals surface area contributed by atoms with E-state index in [1.165, 1.54) is 18.9 Å². The number of urea groups is 1. The fraction of sp³-hybridized carbons (Fsp3) is 0.462. The number of likely N-dealkylation sites (tertiary alicyclic amines) is 2. The zero-order valence-corrected chi connectivity index (χ0v) is 20.3. The number of phenols is 1. The number of hydrogen-bond donors (Lipinski definition) is 3. The highest BCUT2D eigenvalue weighted by Gasteiger charge is 2.34. The van der Waals surface area contributed by atoms with Gasteiger partial charge in [-0.15, -0.1) is 0 Å². The maximum Gasteiger partial charge on any atom is 0.320 e. The summed E-state index contributed by atoms with van der Waals surface area (Å²) >= 11 is 5.92. The third-order valence-electron chi connectivity index (χ3n) is 7.15. The Balaban J connectivity index is 1.42. The molecule has 0 aromatic heterocycles. The zero-order valence-electron chi connectivity index (χ0n) is 19.5. The Morgan fingerprint density at radius 2 is 1.53 bits per heavy atom. The van der Waals surface area contributed by atoms with Crippen LogP contribution in [0.4, 0.5) is 10.5 Å². The average molecular weight is 485 g/mol. The van der Waals surface area contributed by atoms with Gasteiger partial charge in [0.15, 0.2) is 0 Å². The van der Waals surface area contributed by atoms with Crippen molar-refractivity contribution in [1.82, 2.24) is 15.1 Å². The Bertz CT molecular complexity index is 984. The van der Waals surface area contributed by atoms with Gasteiger partial charge in [0.25, 0.3) is 0 Å². The molecule has 182 valence electrons. The van der Waals surface area contributed by atoms with Crippen molar-refractivity contribution in [2.24, 2.45) is 11.8 Å². The summed E-state index contributed by atoms with van der Waals surface area (Å²) in [5.74, 6) is 1.15. The molecule has 0 radical (unpaired) electrons. The van der Waals surface area contributed by atoms with E-state index in [1.54, 1.807) is 42.5 Å². The second-order valence-electron chi connectivity index (χ2n) is 9.40. The smallest absolute Gasteiger partial charge is 0.320 e. The predicted molar refractivity (Wildman–Crippen MR) is 134 cm³/mol. The zero-order chi connectivity index (χ0) is 24.1. The molecule has 2 fully saturated rings. The largest absolute Gasteiger partial charge is 0.508 e. The van der Waals surface area contributed by atoms with Crippen molar-refractivity contribution in [1.29, 1.82) is 0 Å². The number of nitrogens with one attached hydrogen (secondary N) is 2. The van der Waals surface area contributed by atoms with Gasteiger partial charge in [-0.25, -0.2) is 4.79 Å². The molecular weight excluding hydrogens is 452 g/mol. The van der Waals surface area contributed by atoms with Gasteiger partial charge in [-0.2, -0.15) is 0 Å². The van der Waals surface area contributed by atoms with E-state index in [0.717, 1.165) is 31.8 Å². The molecule has 0 aliphatic carbocycles. The van der Waals surface area contributed by atoms with Gasteiger partial charge in [0.2, 0.25) is 5.91 Å². The van der Waals surface area contributed by atoms with Gasteiger partial charge in [-0.05, 0) is 88.0 Å². The summed E-state index contributed by atoms with van der Waals surface area (Å²) in [4.78, 5) is 30.5. The fourth-order valence-electron chi connectivity index (χ4n) is 5.11. The van der Waals surface area contributed by atoms with Gasteiger partial charge in [-0.3, -0.25) is 4.79 Å². The van der Waals surface area contributed by atoms with E-state index in [1.807, 2.05) is 4.90 Å². The molecule has 2 heterocycles. The molecule has 2 aliphatic rings. The number of phenolic OH excluding ortho intramolecular Hbond substituents is 1. The van der Waals surface area contributed by atoms with Gasteiger partial charge in [-0.1, -0.05) is 29.8 Å². The van der Waals surface area contributed by atoms with Crippen LogP contribution in [0.15, 0.2) is 48.5 Å². The summed E-state index contributed by atoms with van der Waals surface area (Å²) in [6.07, 6.45) is 4.40. The molecule has 3 N–H and O–H groups in total. The third-order valence-corrected chi connectivity index (χ3v) is 7.41. The number of carbonyl (C=O) groups is 2. The van der Waals surface area contributed by atoms with E-state index >= 15 is 0 Å². The number of halogens is 1. The highest BCUT2D eigenvalue weighted by molar-refractivity contribution is 6.30. The van der Waals surface area contributed by atoms with Crippen molar-refractivity contribution in [2.45, 2.75) is 31.7 Å². The standard InChI is InChI=1S/C26H33ClN4O3/c1-30-14-10-18(11-15-30)19-12-16-31(17-13-19)25(33)24(22-4-2-3-5-23(22)32)29-26(34)28-21-8-6-20(27)7-9-21/h2-9,18-19,24,32H,10-17H2,1H3,(H2,28,29,34)/t24-/m1/s1. The van der Waals surface area contributed by atoms with Crippen molar-refractivity contribution < 1.29 is 14.7 Å². The lowest BCUT2D eigenvalue weighted by molar-refractivity contribution is -0.135. The molecule has 0 unspecified atom stereocenters. The van der Waals surface area contributed by atoms with Crippen molar-refractivity contribution in [3.8, 4) is 5.75 Å². The first kappa shape index (κ1) is 24.4. The van der Waals surface area contributed by atoms with Crippen molar-refractivity contribution in [2.75, 3.05) is 38.5 Å². The Kier molecular flexibility index (Phi) is 7.95. The minimum absolute atomic E-state index is 0.0196. The topological polar surface area (TPSA) is 84.9 Å². The highest BCUT2D eigenvalue weighted by atomic mass is 35.5. The number of anilines is 1. The SMILES string of the molecule is CN1CCC(C2CCN(C(=O)[C@H](NC(=O)Nc3ccc(Cl)cc3)c3ccccc3O)CC2)CC1. The number of para-hydroxylation sites is 1. The first-order valence-corrected chi connectivity index (χ1v) is 12.4. The number of aromatic hydroxyl groups is 1. The lowest BCUT2D eigenvalue weighted by atomic mass is 9.79. The number of carbonyl (C=O) groups excluding carboxylic acids is 2. The minimum atomic E-state index is -0.978. The maximum absolute atomic E-state index is 13.6. The summed E-state index contributed by atoms with van der Waals surface area (Å²) in [6.45, 7) is 3.62. The minimum Gasteiger partial charge on any atom is -0.508 e. The lowest BCUT2D eigenvalue weighted by Gasteiger charge is -2.40. The summed E-state index contributed by atoms with van der Waals surface area (Å²) in [5.41, 5.74) is 0.945. The second-order valence-corrected chi connectivity index (χ2v) is 9.84. The number of benzene rings is 2. The van der Waals surface area contributed by atoms with Crippen molar-refractivity contribution >= 4 is 29.2 Å². The molecule has 1 atom stereocenters. The van der Waals surface area contributed by atoms with Crippen LogP contribution >= 0.6 is 11.6 Å². The first-order valence-electron chi connectivity index (χ1n) is 12.0. The van der Waals surface area contributed by atoms with Crippen LogP contribution in [0.2, 0.25) is 5.02 Å². The van der Waals surface area contributed by atoms with Crippen LogP contribution in [0.5, 0.6) is 5.75 Å². The van der Waals surface area contributed by atoms with E-state index in [-0.39, 0.29) is 11.7 Å². The van der Waals surface area contributed by atoms with E-state index in [9.17, 15) is 14.7 Å². The molecule has 3 amide bonds. The second kappa shape index (κ2) is 11.1. The van der Waals surface area contributed by atoms with Crippen molar-refractivity contribution in [3.05, 3.63) is 59.1 Å². The number of hydrogen-bond acceptors (Lipinski definition) is 4. The maximum atomic E-state index is 13.6. The summed E-state index contributed by atoms with van der Waals surface area (Å²) < 4.78 is 0. The molecule has 2 saturated heterocycles. The van der Waals surface area contributed by atoms with Gasteiger partial charge in [0.1, 0.15) is 11.8 Å². The van der Waals surface area contributed by atoms with E-state index in [2.05, 4.69) is 22.6 Å². The Morgan fingerprint density at radius 3 is 2.15 bits per heavy atom. The molecule has 2 aliphatic heterocycles. The summed E-state index contributed by atoms with van der Waals surface area (Å²) in [7, 11) is 2.17. The molecule has 8 heteroatoms. The Hall–Kier alpha value is -2.77. The van der Waals surface area contributed by atoms with E-state index in [0.29, 0.717) is 35.3 Å². The quantitative estimate of drug-likeness (QED) is 0.583. The van der Waals surface area contributed by atoms with E-state index in [4.69, 9.17) is 11.6 Å². The molecule has 7 nitrogen and oxygen atoms in total. The highest BCUT2D eigenvalue weighted by Crippen LogP contribution is 2.33. The van der Waals surface area contributed by atoms with Crippen LogP contribution in [-0.2, 0) is 4.79 Å². The van der Waals surface area contributed by atoms with Crippen LogP contribution in [0, 0.1) is 11.8 Å². The number of rotatable bonds is 5. The lowest BCUT2D eigenvalue weighted by Crippen LogP contribution is -2.48. The van der Waals surface area contributed by atoms with E-state index < -0.39 is 12.1 Å². The monoisotopic (exact) mass is 484 g/mol. The van der Waals surface area contributed by atoms with Crippen LogP contribution in [0.1, 0.15) is 37.3 Å². The van der Waals surface area contributed by atoms with Crippen molar-refractivity contribution in [3.63, 3.8) is 0 Å². The fourth-order valence-corrected chi connectivity index (χ4v) is 5.24. The number of piperidine rings is 2. The molecule has 2 aromatic carbocycles. The molecule has 2 aromatic rings. The van der Waals surface area contributed by atoms with Crippen LogP contribution in [0.3, 0.4) is 0 Å². The number of nitrogens with zero attached hydrogens (tertiary/aromatic N) is 2. The first-order chi connectivity index (χ1) is 16.4. The third kappa shape index (κ3) is 6.02.